The van der Waals surface area contributed by atoms with Crippen molar-refractivity contribution >= 4 is 29.1 Å². The van der Waals surface area contributed by atoms with Crippen molar-refractivity contribution in [1.82, 2.24) is 5.32 Å². The Hall–Kier alpha value is -2.67. The topological polar surface area (TPSA) is 107 Å². The predicted molar refractivity (Wildman–Crippen MR) is 114 cm³/mol. The minimum Gasteiger partial charge on any atom is -0.507 e. The molecule has 1 amide bonds. The highest BCUT2D eigenvalue weighted by Gasteiger charge is 2.40. The summed E-state index contributed by atoms with van der Waals surface area (Å²) >= 11 is 6.17. The molecule has 3 rings (SSSR count). The van der Waals surface area contributed by atoms with E-state index in [0.29, 0.717) is 16.1 Å². The quantitative estimate of drug-likeness (QED) is 0.339. The van der Waals surface area contributed by atoms with Gasteiger partial charge in [-0.3, -0.25) is 9.59 Å². The summed E-state index contributed by atoms with van der Waals surface area (Å²) in [5.74, 6) is -1.70. The summed E-state index contributed by atoms with van der Waals surface area (Å²) in [7, 11) is 0. The summed E-state index contributed by atoms with van der Waals surface area (Å²) < 4.78 is 0. The molecule has 0 radical (unpaired) electrons. The van der Waals surface area contributed by atoms with Gasteiger partial charge < -0.3 is 20.6 Å². The predicted octanol–water partition coefficient (Wildman–Crippen LogP) is 3.35. The van der Waals surface area contributed by atoms with E-state index in [9.17, 15) is 14.7 Å². The molecular weight excluding hydrogens is 394 g/mol. The van der Waals surface area contributed by atoms with Crippen molar-refractivity contribution < 1.29 is 24.9 Å². The van der Waals surface area contributed by atoms with Gasteiger partial charge in [-0.1, -0.05) is 59.6 Å². The van der Waals surface area contributed by atoms with Gasteiger partial charge in [0.05, 0.1) is 11.6 Å². The molecule has 0 saturated carbocycles. The molecule has 156 valence electrons. The lowest BCUT2D eigenvalue weighted by Crippen LogP contribution is -2.21. The van der Waals surface area contributed by atoms with E-state index in [1.54, 1.807) is 50.2 Å². The van der Waals surface area contributed by atoms with Gasteiger partial charge in [0.15, 0.2) is 0 Å². The van der Waals surface area contributed by atoms with E-state index in [-0.39, 0.29) is 24.5 Å². The molecule has 29 heavy (non-hydrogen) atoms. The first-order valence-corrected chi connectivity index (χ1v) is 9.51. The normalized spacial score (nSPS) is 16.8. The largest absolute Gasteiger partial charge is 0.507 e. The van der Waals surface area contributed by atoms with Crippen molar-refractivity contribution in [1.29, 1.82) is 0 Å². The van der Waals surface area contributed by atoms with E-state index in [1.807, 2.05) is 19.1 Å². The number of carbonyl (C=O) groups excluding carboxylic acids is 2. The molecule has 1 heterocycles. The lowest BCUT2D eigenvalue weighted by molar-refractivity contribution is -0.133. The van der Waals surface area contributed by atoms with Gasteiger partial charge >= 0.3 is 0 Å². The number of amides is 1. The van der Waals surface area contributed by atoms with Gasteiger partial charge in [-0.05, 0) is 32.4 Å². The first kappa shape index (κ1) is 24.4. The van der Waals surface area contributed by atoms with Gasteiger partial charge in [-0.2, -0.15) is 0 Å². The maximum atomic E-state index is 12.2. The Morgan fingerprint density at radius 3 is 2.03 bits per heavy atom. The van der Waals surface area contributed by atoms with Crippen LogP contribution in [0.1, 0.15) is 36.6 Å². The van der Waals surface area contributed by atoms with Gasteiger partial charge in [0.25, 0.3) is 11.7 Å². The number of halogens is 1. The van der Waals surface area contributed by atoms with Crippen LogP contribution in [0.2, 0.25) is 5.02 Å². The molecule has 1 atom stereocenters. The first-order valence-electron chi connectivity index (χ1n) is 9.13. The average Bonchev–Trinajstić information content (AvgIpc) is 2.98. The molecule has 6 nitrogen and oxygen atoms in total. The summed E-state index contributed by atoms with van der Waals surface area (Å²) in [6.45, 7) is 5.78. The van der Waals surface area contributed by atoms with Crippen LogP contribution < -0.4 is 5.32 Å². The first-order chi connectivity index (χ1) is 13.8. The number of aliphatic hydroxyl groups is 3. The third-order valence-electron chi connectivity index (χ3n) is 3.81. The monoisotopic (exact) mass is 419 g/mol. The number of rotatable bonds is 2. The third-order valence-corrected chi connectivity index (χ3v) is 4.16. The van der Waals surface area contributed by atoms with Gasteiger partial charge in [0, 0.05) is 23.8 Å². The molecule has 2 aromatic carbocycles. The highest BCUT2D eigenvalue weighted by molar-refractivity contribution is 6.47. The van der Waals surface area contributed by atoms with Crippen molar-refractivity contribution in [2.45, 2.75) is 26.8 Å². The number of hydrogen-bond donors (Lipinski definition) is 4. The van der Waals surface area contributed by atoms with Gasteiger partial charge in [0.2, 0.25) is 0 Å². The SMILES string of the molecule is CCO.CCO.Cc1ccc(/C(O)=C2\C(=O)C(=O)NC2c2ccccc2Cl)cc1. The van der Waals surface area contributed by atoms with Crippen LogP contribution in [0.5, 0.6) is 0 Å². The van der Waals surface area contributed by atoms with Crippen LogP contribution >= 0.6 is 11.6 Å². The number of benzene rings is 2. The zero-order valence-electron chi connectivity index (χ0n) is 16.6. The smallest absolute Gasteiger partial charge is 0.293 e. The molecule has 1 aliphatic heterocycles. The zero-order chi connectivity index (χ0) is 22.0. The Labute approximate surface area is 175 Å². The van der Waals surface area contributed by atoms with E-state index < -0.39 is 17.7 Å². The number of aryl methyl sites for hydroxylation is 1. The fourth-order valence-corrected chi connectivity index (χ4v) is 2.82. The highest BCUT2D eigenvalue weighted by Crippen LogP contribution is 2.35. The third kappa shape index (κ3) is 6.42. The molecule has 0 spiro atoms. The van der Waals surface area contributed by atoms with Crippen LogP contribution in [0.3, 0.4) is 0 Å². The van der Waals surface area contributed by atoms with Crippen LogP contribution in [0.15, 0.2) is 54.1 Å². The molecule has 1 saturated heterocycles. The molecule has 0 bridgehead atoms. The molecule has 7 heteroatoms. The lowest BCUT2D eigenvalue weighted by Gasteiger charge is -2.15. The Balaban J connectivity index is 0.000000626. The molecule has 0 aliphatic carbocycles. The standard InChI is InChI=1S/C18H14ClNO3.2C2H6O/c1-10-6-8-11(9-7-10)16(21)14-15(20-18(23)17(14)22)12-4-2-3-5-13(12)19;2*1-2-3/h2-9,15,21H,1H3,(H,20,23);2*3H,2H2,1H3/b16-14+;;. The van der Waals surface area contributed by atoms with E-state index in [0.717, 1.165) is 5.56 Å². The summed E-state index contributed by atoms with van der Waals surface area (Å²) in [5.41, 5.74) is 2.10. The summed E-state index contributed by atoms with van der Waals surface area (Å²) in [5, 5.41) is 28.7. The molecule has 1 unspecified atom stereocenters. The number of nitrogens with one attached hydrogen (secondary N) is 1. The maximum Gasteiger partial charge on any atom is 0.293 e. The number of ketones is 1. The second-order valence-electron chi connectivity index (χ2n) is 6.02. The summed E-state index contributed by atoms with van der Waals surface area (Å²) in [6, 6.07) is 13.2. The van der Waals surface area contributed by atoms with Crippen LogP contribution in [-0.4, -0.2) is 40.2 Å². The van der Waals surface area contributed by atoms with E-state index in [2.05, 4.69) is 5.32 Å². The second kappa shape index (κ2) is 12.0. The molecule has 0 aromatic heterocycles. The Bertz CT molecular complexity index is 860. The summed E-state index contributed by atoms with van der Waals surface area (Å²) in [6.07, 6.45) is 0. The van der Waals surface area contributed by atoms with Crippen molar-refractivity contribution in [2.75, 3.05) is 13.2 Å². The second-order valence-corrected chi connectivity index (χ2v) is 6.43. The van der Waals surface area contributed by atoms with Crippen LogP contribution in [0.25, 0.3) is 5.76 Å². The minimum absolute atomic E-state index is 0.0203. The molecular formula is C22H26ClNO5. The average molecular weight is 420 g/mol. The van der Waals surface area contributed by atoms with Crippen LogP contribution in [0, 0.1) is 6.92 Å². The van der Waals surface area contributed by atoms with Crippen LogP contribution in [0.4, 0.5) is 0 Å². The Morgan fingerprint density at radius 2 is 1.52 bits per heavy atom. The molecule has 2 aromatic rings. The van der Waals surface area contributed by atoms with E-state index in [4.69, 9.17) is 21.8 Å². The Morgan fingerprint density at radius 1 is 1.00 bits per heavy atom. The lowest BCUT2D eigenvalue weighted by atomic mass is 9.95. The minimum atomic E-state index is -0.759. The zero-order valence-corrected chi connectivity index (χ0v) is 17.4. The number of hydrogen-bond acceptors (Lipinski definition) is 5. The maximum absolute atomic E-state index is 12.2. The fourth-order valence-electron chi connectivity index (χ4n) is 2.58. The summed E-state index contributed by atoms with van der Waals surface area (Å²) in [4.78, 5) is 24.0. The number of carbonyl (C=O) groups is 2. The molecule has 1 fully saturated rings. The van der Waals surface area contributed by atoms with E-state index >= 15 is 0 Å². The van der Waals surface area contributed by atoms with Gasteiger partial charge in [0.1, 0.15) is 5.76 Å². The Kier molecular flexibility index (Phi) is 10.1. The fraction of sp³-hybridized carbons (Fsp3) is 0.273. The van der Waals surface area contributed by atoms with Crippen molar-refractivity contribution in [3.63, 3.8) is 0 Å². The number of Topliss-reactive ketones (excluding diaryl/α,β-unsaturated/α-hetero) is 1. The molecule has 4 N–H and O–H groups in total. The number of aliphatic hydroxyl groups excluding tert-OH is 3. The van der Waals surface area contributed by atoms with Crippen molar-refractivity contribution in [2.24, 2.45) is 0 Å². The van der Waals surface area contributed by atoms with Gasteiger partial charge in [-0.25, -0.2) is 0 Å². The van der Waals surface area contributed by atoms with E-state index in [1.165, 1.54) is 0 Å². The van der Waals surface area contributed by atoms with Gasteiger partial charge in [-0.15, -0.1) is 0 Å². The highest BCUT2D eigenvalue weighted by atomic mass is 35.5. The van der Waals surface area contributed by atoms with Crippen molar-refractivity contribution in [3.8, 4) is 0 Å². The van der Waals surface area contributed by atoms with Crippen molar-refractivity contribution in [3.05, 3.63) is 75.8 Å². The van der Waals surface area contributed by atoms with Crippen LogP contribution in [-0.2, 0) is 9.59 Å². The molecule has 1 aliphatic rings.